The van der Waals surface area contributed by atoms with Gasteiger partial charge in [-0.1, -0.05) is 12.1 Å². The fourth-order valence-corrected chi connectivity index (χ4v) is 6.24. The van der Waals surface area contributed by atoms with Crippen molar-refractivity contribution in [3.05, 3.63) is 84.4 Å². The number of nitrogens with two attached hydrogens (primary N) is 1. The number of aryl methyl sites for hydroxylation is 1. The Bertz CT molecular complexity index is 2480. The number of phenols is 1. The van der Waals surface area contributed by atoms with Crippen molar-refractivity contribution in [3.8, 4) is 11.5 Å². The molecule has 0 fully saturated rings. The Hall–Kier alpha value is -2.39. The molecule has 5 rings (SSSR count). The molecule has 5 aromatic carbocycles. The first-order chi connectivity index (χ1) is 24.2. The van der Waals surface area contributed by atoms with Crippen molar-refractivity contribution in [3.63, 3.8) is 0 Å². The largest absolute Gasteiger partial charge is 1.00 e. The minimum atomic E-state index is -4.94. The third-order valence-corrected chi connectivity index (χ3v) is 9.28. The van der Waals surface area contributed by atoms with E-state index in [9.17, 15) is 36.3 Å². The number of hydrogen-bond acceptors (Lipinski definition) is 19. The Kier molecular flexibility index (Phi) is 18.3. The summed E-state index contributed by atoms with van der Waals surface area (Å²) in [4.78, 5) is -1.22. The Balaban J connectivity index is 0.00000336. The molecule has 0 heterocycles. The number of nitrogens with zero attached hydrogens (tertiary/aromatic N) is 6. The molecule has 0 aromatic heterocycles. The third-order valence-electron chi connectivity index (χ3n) is 6.88. The minimum Gasteiger partial charge on any atom is -0.744 e. The van der Waals surface area contributed by atoms with Gasteiger partial charge in [-0.3, -0.25) is 5.04 Å². The van der Waals surface area contributed by atoms with E-state index in [1.165, 1.54) is 43.5 Å². The molecule has 0 radical (unpaired) electrons. The number of methoxy groups -OCH3 is 1. The number of rotatable bonds is 12. The van der Waals surface area contributed by atoms with Gasteiger partial charge in [0.1, 0.15) is 43.0 Å². The molecule has 54 heavy (non-hydrogen) atoms. The molecule has 24 heteroatoms. The van der Waals surface area contributed by atoms with Crippen molar-refractivity contribution in [2.24, 2.45) is 30.7 Å². The molecule has 0 saturated heterocycles. The van der Waals surface area contributed by atoms with E-state index < -0.39 is 41.5 Å². The average molecular weight is 822 g/mol. The molecule has 0 bridgehead atoms. The molecular formula is C30H22N7Na3O11S3. The number of nitrogen functional groups attached to an aromatic ring is 1. The smallest absolute Gasteiger partial charge is 0.744 e. The molecule has 18 nitrogen and oxygen atoms in total. The molecule has 0 spiro atoms. The second kappa shape index (κ2) is 20.7. The Labute approximate surface area is 378 Å². The van der Waals surface area contributed by atoms with Gasteiger partial charge in [0.25, 0.3) is 0 Å². The standard InChI is InChI=1S/C30H25N7O11S3.3Na/c1-16-11-18(33-37-29-26(49-48-47-39)12-17-13-28(51(43,44)45)21(31)15-20(17)30(29)38)7-9-22(16)34-35-23-10-8-19(14-25(23)46-2)32-36-24-5-3-4-6-27(24)50(40,41)42;;;/h3-15,38-39H,31H2,1-2H3,(H,40,41,42)(H,43,44,45);;;/q;3*+1/p-3. The number of anilines is 1. The number of hydrogen-bond donors (Lipinski definition) is 2. The Morgan fingerprint density at radius 2 is 1.31 bits per heavy atom. The summed E-state index contributed by atoms with van der Waals surface area (Å²) in [6.45, 7) is 1.73. The van der Waals surface area contributed by atoms with Gasteiger partial charge >= 0.3 is 88.7 Å². The number of benzene rings is 5. The molecule has 3 N–H and O–H groups in total. The maximum atomic E-state index is 11.6. The van der Waals surface area contributed by atoms with E-state index in [1.54, 1.807) is 31.2 Å². The van der Waals surface area contributed by atoms with E-state index in [2.05, 4.69) is 40.1 Å². The van der Waals surface area contributed by atoms with Crippen LogP contribution in [0.2, 0.25) is 0 Å². The van der Waals surface area contributed by atoms with Crippen LogP contribution in [0.3, 0.4) is 0 Å². The summed E-state index contributed by atoms with van der Waals surface area (Å²) < 4.78 is 79.1. The van der Waals surface area contributed by atoms with Crippen molar-refractivity contribution < 1.29 is 139 Å². The average Bonchev–Trinajstić information content (AvgIpc) is 3.08. The van der Waals surface area contributed by atoms with E-state index in [-0.39, 0.29) is 127 Å². The monoisotopic (exact) mass is 821 g/mol. The predicted molar refractivity (Wildman–Crippen MR) is 177 cm³/mol. The van der Waals surface area contributed by atoms with E-state index >= 15 is 0 Å². The van der Waals surface area contributed by atoms with Crippen LogP contribution >= 0.6 is 12.0 Å². The molecule has 264 valence electrons. The zero-order chi connectivity index (χ0) is 36.9. The molecule has 0 amide bonds. The Morgan fingerprint density at radius 1 is 0.722 bits per heavy atom. The van der Waals surface area contributed by atoms with Crippen LogP contribution in [0.25, 0.3) is 10.8 Å². The van der Waals surface area contributed by atoms with E-state index in [4.69, 9.17) is 10.5 Å². The SMILES string of the molecule is COc1cc(N=Nc2ccccc2S(=O)(=O)[O-])ccc1N=Nc1ccc(N=Nc2c(SOO[O-])cc3cc(S(=O)(=O)[O-])c(N)cc3c2O)cc1C.[Na+].[Na+].[Na+]. The van der Waals surface area contributed by atoms with Crippen molar-refractivity contribution in [2.45, 2.75) is 21.6 Å². The van der Waals surface area contributed by atoms with Gasteiger partial charge in [-0.05, 0) is 78.5 Å². The van der Waals surface area contributed by atoms with Crippen LogP contribution in [-0.4, -0.2) is 38.2 Å². The van der Waals surface area contributed by atoms with Crippen LogP contribution in [0, 0.1) is 6.92 Å². The van der Waals surface area contributed by atoms with Gasteiger partial charge < -0.3 is 29.9 Å². The van der Waals surface area contributed by atoms with Gasteiger partial charge in [-0.25, -0.2) is 16.8 Å². The zero-order valence-corrected chi connectivity index (χ0v) is 37.5. The maximum absolute atomic E-state index is 11.6. The van der Waals surface area contributed by atoms with Crippen molar-refractivity contribution in [2.75, 3.05) is 12.8 Å². The first kappa shape index (κ1) is 47.8. The number of ether oxygens (including phenoxy) is 1. The summed E-state index contributed by atoms with van der Waals surface area (Å²) in [6.07, 6.45) is 0. The molecule has 0 aliphatic heterocycles. The van der Waals surface area contributed by atoms with Crippen LogP contribution in [0.15, 0.2) is 124 Å². The number of azo groups is 3. The molecule has 0 aliphatic carbocycles. The quantitative estimate of drug-likeness (QED) is 0.0256. The first-order valence-corrected chi connectivity index (χ1v) is 17.5. The minimum absolute atomic E-state index is 0. The normalized spacial score (nSPS) is 11.8. The van der Waals surface area contributed by atoms with Gasteiger partial charge in [-0.2, -0.15) is 19.7 Å². The van der Waals surface area contributed by atoms with Crippen LogP contribution < -0.4 is 104 Å². The van der Waals surface area contributed by atoms with Crippen LogP contribution in [-0.2, 0) is 29.6 Å². The number of phenolic OH excluding ortho intramolecular Hbond substituents is 1. The van der Waals surface area contributed by atoms with Gasteiger partial charge in [0.2, 0.25) is 0 Å². The molecule has 0 saturated carbocycles. The molecule has 0 aliphatic rings. The molecule has 0 unspecified atom stereocenters. The summed E-state index contributed by atoms with van der Waals surface area (Å²) in [5.41, 5.74) is 7.03. The zero-order valence-electron chi connectivity index (χ0n) is 29.0. The van der Waals surface area contributed by atoms with Crippen molar-refractivity contribution in [1.82, 2.24) is 0 Å². The first-order valence-electron chi connectivity index (χ1n) is 14.0. The summed E-state index contributed by atoms with van der Waals surface area (Å²) in [7, 11) is -8.29. The predicted octanol–water partition coefficient (Wildman–Crippen LogP) is -2.26. The summed E-state index contributed by atoms with van der Waals surface area (Å²) in [5.74, 6) is -0.232. The van der Waals surface area contributed by atoms with Gasteiger partial charge in [0.15, 0.2) is 5.75 Å². The molecule has 5 aromatic rings. The number of aromatic hydroxyl groups is 1. The third kappa shape index (κ3) is 11.8. The van der Waals surface area contributed by atoms with E-state index in [1.807, 2.05) is 0 Å². The van der Waals surface area contributed by atoms with Gasteiger partial charge in [-0.15, -0.1) is 15.3 Å². The Morgan fingerprint density at radius 3 is 1.94 bits per heavy atom. The van der Waals surface area contributed by atoms with Crippen LogP contribution in [0.5, 0.6) is 11.5 Å². The second-order valence-electron chi connectivity index (χ2n) is 10.2. The maximum Gasteiger partial charge on any atom is 1.00 e. The van der Waals surface area contributed by atoms with Gasteiger partial charge in [0.05, 0.1) is 50.9 Å². The topological polar surface area (TPSA) is 286 Å². The fraction of sp³-hybridized carbons (Fsp3) is 0.0667. The molecule has 0 atom stereocenters. The van der Waals surface area contributed by atoms with E-state index in [0.717, 1.165) is 18.2 Å². The second-order valence-corrected chi connectivity index (χ2v) is 13.6. The van der Waals surface area contributed by atoms with Gasteiger partial charge in [0, 0.05) is 17.1 Å². The van der Waals surface area contributed by atoms with Crippen LogP contribution in [0.4, 0.5) is 39.8 Å². The number of fused-ring (bicyclic) bond motifs is 1. The molecular weight excluding hydrogens is 800 g/mol. The summed E-state index contributed by atoms with van der Waals surface area (Å²) in [6, 6.07) is 18.1. The summed E-state index contributed by atoms with van der Waals surface area (Å²) >= 11 is 0.356. The van der Waals surface area contributed by atoms with Crippen LogP contribution in [0.1, 0.15) is 5.56 Å². The summed E-state index contributed by atoms with van der Waals surface area (Å²) in [5, 5.41) is 49.6. The van der Waals surface area contributed by atoms with Crippen molar-refractivity contribution in [1.29, 1.82) is 0 Å². The van der Waals surface area contributed by atoms with Crippen molar-refractivity contribution >= 4 is 82.9 Å². The fourth-order valence-electron chi connectivity index (χ4n) is 4.52. The van der Waals surface area contributed by atoms with E-state index in [0.29, 0.717) is 34.7 Å².